The fourth-order valence-electron chi connectivity index (χ4n) is 3.11. The number of fused-ring (bicyclic) bond motifs is 1. The van der Waals surface area contributed by atoms with E-state index in [1.165, 1.54) is 0 Å². The van der Waals surface area contributed by atoms with Crippen molar-refractivity contribution in [2.24, 2.45) is 5.92 Å². The third-order valence-electron chi connectivity index (χ3n) is 4.43. The molecule has 7 nitrogen and oxygen atoms in total. The Hall–Kier alpha value is -3.61. The van der Waals surface area contributed by atoms with E-state index < -0.39 is 0 Å². The molecule has 0 amide bonds. The van der Waals surface area contributed by atoms with Crippen LogP contribution in [0.5, 0.6) is 0 Å². The number of nitrogens with one attached hydrogen (secondary N) is 3. The van der Waals surface area contributed by atoms with Crippen LogP contribution in [0.3, 0.4) is 0 Å². The molecular formula is C19H19N7. The second-order valence-electron chi connectivity index (χ2n) is 6.20. The van der Waals surface area contributed by atoms with Crippen molar-refractivity contribution in [2.45, 2.75) is 6.42 Å². The van der Waals surface area contributed by atoms with Gasteiger partial charge >= 0.3 is 0 Å². The molecule has 0 fully saturated rings. The monoisotopic (exact) mass is 345 g/mol. The van der Waals surface area contributed by atoms with Gasteiger partial charge in [-0.3, -0.25) is 0 Å². The molecule has 0 saturated carbocycles. The van der Waals surface area contributed by atoms with Crippen molar-refractivity contribution in [3.8, 4) is 0 Å². The van der Waals surface area contributed by atoms with Crippen molar-refractivity contribution in [3.63, 3.8) is 0 Å². The lowest BCUT2D eigenvalue weighted by Crippen LogP contribution is -2.30. The molecule has 1 aliphatic carbocycles. The van der Waals surface area contributed by atoms with Gasteiger partial charge in [0, 0.05) is 46.3 Å². The van der Waals surface area contributed by atoms with Crippen molar-refractivity contribution in [1.82, 2.24) is 15.0 Å². The minimum absolute atomic E-state index is 0.00875. The molecule has 3 aromatic rings. The minimum Gasteiger partial charge on any atom is -0.398 e. The first kappa shape index (κ1) is 15.9. The number of nitrogen functional groups attached to an aromatic ring is 2. The average molecular weight is 345 g/mol. The molecule has 2 heterocycles. The van der Waals surface area contributed by atoms with E-state index in [0.29, 0.717) is 22.8 Å². The number of nitrogens with zero attached hydrogens (tertiary/aromatic N) is 2. The van der Waals surface area contributed by atoms with E-state index in [9.17, 15) is 0 Å². The Labute approximate surface area is 150 Å². The summed E-state index contributed by atoms with van der Waals surface area (Å²) in [6.45, 7) is 0. The second-order valence-corrected chi connectivity index (χ2v) is 6.20. The number of H-pyrrole nitrogens is 1. The summed E-state index contributed by atoms with van der Waals surface area (Å²) in [4.78, 5) is 11.2. The average Bonchev–Trinajstić information content (AvgIpc) is 3.10. The fraction of sp³-hybridized carbons (Fsp3) is 0.105. The molecule has 0 saturated heterocycles. The molecule has 1 aromatic carbocycles. The van der Waals surface area contributed by atoms with Crippen LogP contribution < -0.4 is 27.4 Å². The van der Waals surface area contributed by atoms with Crippen LogP contribution in [0.25, 0.3) is 12.2 Å². The maximum atomic E-state index is 8.66. The smallest absolute Gasteiger partial charge is 0.221 e. The minimum atomic E-state index is -0.00875. The van der Waals surface area contributed by atoms with Gasteiger partial charge in [-0.05, 0) is 42.0 Å². The summed E-state index contributed by atoms with van der Waals surface area (Å²) in [6.07, 6.45) is 8.50. The first-order valence-electron chi connectivity index (χ1n) is 8.29. The van der Waals surface area contributed by atoms with E-state index in [-0.39, 0.29) is 11.9 Å². The maximum absolute atomic E-state index is 8.66. The molecule has 0 spiro atoms. The molecule has 0 radical (unpaired) electrons. The van der Waals surface area contributed by atoms with Gasteiger partial charge in [-0.1, -0.05) is 12.2 Å². The first-order valence-corrected chi connectivity index (χ1v) is 8.29. The van der Waals surface area contributed by atoms with Crippen molar-refractivity contribution >= 4 is 41.0 Å². The number of benzene rings is 1. The number of aromatic nitrogens is 3. The van der Waals surface area contributed by atoms with Crippen molar-refractivity contribution in [3.05, 3.63) is 58.9 Å². The molecule has 0 bridgehead atoms. The van der Waals surface area contributed by atoms with Gasteiger partial charge in [-0.25, -0.2) is 4.98 Å². The second kappa shape index (κ2) is 6.36. The van der Waals surface area contributed by atoms with Gasteiger partial charge in [0.05, 0.1) is 0 Å². The van der Waals surface area contributed by atoms with Crippen LogP contribution in [-0.2, 0) is 0 Å². The number of anilines is 4. The van der Waals surface area contributed by atoms with Gasteiger partial charge in [-0.15, -0.1) is 0 Å². The number of rotatable bonds is 4. The van der Waals surface area contributed by atoms with Gasteiger partial charge < -0.3 is 27.2 Å². The largest absolute Gasteiger partial charge is 0.398 e. The Balaban J connectivity index is 1.63. The van der Waals surface area contributed by atoms with E-state index >= 15 is 0 Å². The van der Waals surface area contributed by atoms with Crippen LogP contribution in [0, 0.1) is 11.3 Å². The Morgan fingerprint density at radius 3 is 2.96 bits per heavy atom. The highest BCUT2D eigenvalue weighted by atomic mass is 15.1. The molecule has 26 heavy (non-hydrogen) atoms. The Bertz CT molecular complexity index is 1100. The molecule has 7 N–H and O–H groups in total. The van der Waals surface area contributed by atoms with E-state index in [0.717, 1.165) is 22.7 Å². The highest BCUT2D eigenvalue weighted by molar-refractivity contribution is 6.07. The van der Waals surface area contributed by atoms with E-state index in [2.05, 4.69) is 32.4 Å². The van der Waals surface area contributed by atoms with Gasteiger partial charge in [-0.2, -0.15) is 4.98 Å². The van der Waals surface area contributed by atoms with Crippen LogP contribution in [0.1, 0.15) is 12.0 Å². The fourth-order valence-corrected chi connectivity index (χ4v) is 3.11. The molecule has 130 valence electrons. The number of aromatic amines is 1. The van der Waals surface area contributed by atoms with Gasteiger partial charge in [0.15, 0.2) is 0 Å². The molecule has 0 unspecified atom stereocenters. The molecule has 1 aliphatic rings. The molecule has 4 rings (SSSR count). The van der Waals surface area contributed by atoms with E-state index in [1.807, 2.05) is 24.4 Å². The summed E-state index contributed by atoms with van der Waals surface area (Å²) in [5.74, 6) is 0.785. The Morgan fingerprint density at radius 2 is 2.12 bits per heavy atom. The first-order chi connectivity index (χ1) is 12.6. The van der Waals surface area contributed by atoms with Crippen molar-refractivity contribution < 1.29 is 0 Å². The zero-order valence-corrected chi connectivity index (χ0v) is 14.0. The molecule has 7 heteroatoms. The molecule has 1 atom stereocenters. The lowest BCUT2D eigenvalue weighted by Gasteiger charge is -2.17. The predicted molar refractivity (Wildman–Crippen MR) is 104 cm³/mol. The van der Waals surface area contributed by atoms with Crippen LogP contribution >= 0.6 is 0 Å². The summed E-state index contributed by atoms with van der Waals surface area (Å²) in [6, 6.07) is 9.27. The summed E-state index contributed by atoms with van der Waals surface area (Å²) < 4.78 is 0. The SMILES string of the molecule is N=C(c1cc(Nc2ccnc(N)n2)ccc1N)[C@H]1C=c2cc[nH]c2=CC1. The highest BCUT2D eigenvalue weighted by Crippen LogP contribution is 2.25. The van der Waals surface area contributed by atoms with Crippen molar-refractivity contribution in [1.29, 1.82) is 5.41 Å². The van der Waals surface area contributed by atoms with Crippen molar-refractivity contribution in [2.75, 3.05) is 16.8 Å². The normalized spacial score (nSPS) is 15.5. The van der Waals surface area contributed by atoms with Crippen LogP contribution in [0.15, 0.2) is 42.7 Å². The van der Waals surface area contributed by atoms with E-state index in [1.54, 1.807) is 18.3 Å². The summed E-state index contributed by atoms with van der Waals surface area (Å²) in [5, 5.41) is 14.1. The Kier molecular flexibility index (Phi) is 3.89. The Morgan fingerprint density at radius 1 is 1.23 bits per heavy atom. The summed E-state index contributed by atoms with van der Waals surface area (Å²) in [7, 11) is 0. The topological polar surface area (TPSA) is 129 Å². The van der Waals surface area contributed by atoms with Gasteiger partial charge in [0.25, 0.3) is 0 Å². The highest BCUT2D eigenvalue weighted by Gasteiger charge is 2.18. The third kappa shape index (κ3) is 3.02. The summed E-state index contributed by atoms with van der Waals surface area (Å²) >= 11 is 0. The molecule has 0 aliphatic heterocycles. The van der Waals surface area contributed by atoms with Crippen LogP contribution in [0.4, 0.5) is 23.1 Å². The number of hydrogen-bond donors (Lipinski definition) is 5. The van der Waals surface area contributed by atoms with Gasteiger partial charge in [0.1, 0.15) is 5.82 Å². The van der Waals surface area contributed by atoms with Crippen LogP contribution in [-0.4, -0.2) is 20.7 Å². The third-order valence-corrected chi connectivity index (χ3v) is 4.43. The number of nitrogens with two attached hydrogens (primary N) is 2. The molecule has 2 aromatic heterocycles. The van der Waals surface area contributed by atoms with Gasteiger partial charge in [0.2, 0.25) is 5.95 Å². The zero-order valence-electron chi connectivity index (χ0n) is 14.0. The quantitative estimate of drug-likeness (QED) is 0.360. The summed E-state index contributed by atoms with van der Waals surface area (Å²) in [5.41, 5.74) is 14.3. The maximum Gasteiger partial charge on any atom is 0.221 e. The molecular weight excluding hydrogens is 326 g/mol. The lowest BCUT2D eigenvalue weighted by atomic mass is 9.89. The number of hydrogen-bond acceptors (Lipinski definition) is 6. The van der Waals surface area contributed by atoms with Crippen LogP contribution in [0.2, 0.25) is 0 Å². The standard InChI is InChI=1S/C19H19N7/c20-15-3-2-13(25-17-6-8-24-19(22)26-17)10-14(15)18(21)12-1-4-16-11(9-12)5-7-23-16/h2-10,12,21,23H,1,20H2,(H3,22,24,25,26)/t12-/m1/s1. The van der Waals surface area contributed by atoms with E-state index in [4.69, 9.17) is 16.9 Å². The lowest BCUT2D eigenvalue weighted by molar-refractivity contribution is 0.930. The predicted octanol–water partition coefficient (Wildman–Crippen LogP) is 1.36. The zero-order chi connectivity index (χ0) is 18.1.